The van der Waals surface area contributed by atoms with Gasteiger partial charge in [0.2, 0.25) is 0 Å². The van der Waals surface area contributed by atoms with E-state index in [0.717, 1.165) is 25.7 Å². The van der Waals surface area contributed by atoms with Crippen molar-refractivity contribution < 1.29 is 58.9 Å². The second-order valence-corrected chi connectivity index (χ2v) is 10.2. The lowest BCUT2D eigenvalue weighted by atomic mass is 9.83. The molecule has 0 aromatic carbocycles. The highest BCUT2D eigenvalue weighted by Gasteiger charge is 2.50. The average molecular weight is 583 g/mol. The zero-order valence-corrected chi connectivity index (χ0v) is 23.6. The van der Waals surface area contributed by atoms with E-state index in [9.17, 15) is 24.6 Å². The molecule has 0 radical (unpaired) electrons. The Morgan fingerprint density at radius 1 is 0.923 bits per heavy atom. The van der Waals surface area contributed by atoms with Gasteiger partial charge < -0.3 is 29.9 Å². The number of carbonyl (C=O) groups is 3. The van der Waals surface area contributed by atoms with Gasteiger partial charge in [0.25, 0.3) is 0 Å². The van der Waals surface area contributed by atoms with Crippen LogP contribution in [-0.4, -0.2) is 80.9 Å². The monoisotopic (exact) mass is 582 g/mol. The first-order valence-corrected chi connectivity index (χ1v) is 14.3. The average Bonchev–Trinajstić information content (AvgIpc) is 2.91. The van der Waals surface area contributed by atoms with Gasteiger partial charge >= 0.3 is 17.9 Å². The van der Waals surface area contributed by atoms with Crippen molar-refractivity contribution in [3.05, 3.63) is 12.2 Å². The summed E-state index contributed by atoms with van der Waals surface area (Å²) in [6.45, 7) is 0.568. The Kier molecular flexibility index (Phi) is 23.0. The summed E-state index contributed by atoms with van der Waals surface area (Å²) in [5.41, 5.74) is 0. The smallest absolute Gasteiger partial charge is 0.326 e. The third-order valence-corrected chi connectivity index (χ3v) is 7.11. The SMILES string of the molecule is CCCCCCC(O)C/C=C/C(CCCCCCC(=O)O)C(CC(=O)OCCO)(SOOO)C(=O)OCCO. The number of hydrogen-bond donors (Lipinski definition) is 5. The summed E-state index contributed by atoms with van der Waals surface area (Å²) in [4.78, 5) is 36.7. The number of allylic oxidation sites excluding steroid dienone is 1. The molecule has 0 aliphatic rings. The van der Waals surface area contributed by atoms with E-state index in [2.05, 4.69) is 16.3 Å². The maximum atomic E-state index is 13.3. The second kappa shape index (κ2) is 24.1. The number of unbranched alkanes of at least 4 members (excludes halogenated alkanes) is 6. The summed E-state index contributed by atoms with van der Waals surface area (Å²) in [6.07, 6.45) is 9.95. The van der Waals surface area contributed by atoms with Gasteiger partial charge in [-0.05, 0) is 25.7 Å². The summed E-state index contributed by atoms with van der Waals surface area (Å²) in [5.74, 6) is -3.37. The van der Waals surface area contributed by atoms with Gasteiger partial charge in [-0.25, -0.2) is 5.26 Å². The van der Waals surface area contributed by atoms with Crippen molar-refractivity contribution >= 4 is 30.0 Å². The van der Waals surface area contributed by atoms with Crippen LogP contribution in [0.4, 0.5) is 0 Å². The quantitative estimate of drug-likeness (QED) is 0.0249. The predicted molar refractivity (Wildman–Crippen MR) is 143 cm³/mol. The van der Waals surface area contributed by atoms with E-state index >= 15 is 0 Å². The summed E-state index contributed by atoms with van der Waals surface area (Å²) in [5, 5.41) is 50.0. The van der Waals surface area contributed by atoms with Crippen LogP contribution in [0.3, 0.4) is 0 Å². The van der Waals surface area contributed by atoms with E-state index in [4.69, 9.17) is 24.9 Å². The van der Waals surface area contributed by atoms with Crippen LogP contribution in [0, 0.1) is 5.92 Å². The van der Waals surface area contributed by atoms with E-state index in [-0.39, 0.29) is 19.6 Å². The Morgan fingerprint density at radius 3 is 2.21 bits per heavy atom. The minimum Gasteiger partial charge on any atom is -0.481 e. The molecule has 0 aliphatic carbocycles. The number of hydrogen-bond acceptors (Lipinski definition) is 12. The fourth-order valence-corrected chi connectivity index (χ4v) is 4.82. The highest BCUT2D eigenvalue weighted by atomic mass is 32.2. The molecular formula is C26H46O12S. The Hall–Kier alpha value is -1.74. The number of carboxylic acid groups (broad SMARTS) is 1. The first-order valence-electron chi connectivity index (χ1n) is 13.5. The lowest BCUT2D eigenvalue weighted by molar-refractivity contribution is -0.432. The molecule has 3 unspecified atom stereocenters. The summed E-state index contributed by atoms with van der Waals surface area (Å²) >= 11 is 0.365. The Labute approximate surface area is 234 Å². The zero-order chi connectivity index (χ0) is 29.4. The molecule has 0 aromatic heterocycles. The van der Waals surface area contributed by atoms with Crippen LogP contribution in [0.1, 0.15) is 90.4 Å². The first kappa shape index (κ1) is 37.3. The Bertz CT molecular complexity index is 690. The van der Waals surface area contributed by atoms with Crippen LogP contribution in [-0.2, 0) is 33.2 Å². The fraction of sp³-hybridized carbons (Fsp3) is 0.808. The number of carbonyl (C=O) groups excluding carboxylic acids is 2. The summed E-state index contributed by atoms with van der Waals surface area (Å²) < 4.78 is 13.0. The molecule has 5 N–H and O–H groups in total. The topological polar surface area (TPSA) is 189 Å². The fourth-order valence-electron chi connectivity index (χ4n) is 4.04. The molecule has 13 heteroatoms. The van der Waals surface area contributed by atoms with Gasteiger partial charge in [-0.1, -0.05) is 69.1 Å². The van der Waals surface area contributed by atoms with Crippen molar-refractivity contribution in [3.8, 4) is 0 Å². The van der Waals surface area contributed by atoms with Crippen LogP contribution in [0.5, 0.6) is 0 Å². The zero-order valence-electron chi connectivity index (χ0n) is 22.8. The number of rotatable bonds is 26. The van der Waals surface area contributed by atoms with Crippen molar-refractivity contribution in [1.29, 1.82) is 0 Å². The summed E-state index contributed by atoms with van der Waals surface area (Å²) in [7, 11) is 0. The van der Waals surface area contributed by atoms with E-state index in [1.165, 1.54) is 0 Å². The van der Waals surface area contributed by atoms with E-state index < -0.39 is 54.3 Å². The molecule has 0 aliphatic heterocycles. The lowest BCUT2D eigenvalue weighted by Gasteiger charge is -2.34. The molecule has 12 nitrogen and oxygen atoms in total. The molecule has 0 rings (SSSR count). The number of ether oxygens (including phenoxy) is 2. The van der Waals surface area contributed by atoms with Crippen molar-refractivity contribution in [1.82, 2.24) is 0 Å². The van der Waals surface area contributed by atoms with E-state index in [1.54, 1.807) is 12.2 Å². The maximum absolute atomic E-state index is 13.3. The number of aliphatic hydroxyl groups excluding tert-OH is 3. The first-order chi connectivity index (χ1) is 18.8. The molecule has 0 spiro atoms. The van der Waals surface area contributed by atoms with Crippen LogP contribution in [0.15, 0.2) is 12.2 Å². The van der Waals surface area contributed by atoms with Gasteiger partial charge in [-0.15, -0.1) is 4.33 Å². The van der Waals surface area contributed by atoms with Gasteiger partial charge in [0.05, 0.1) is 37.8 Å². The predicted octanol–water partition coefficient (Wildman–Crippen LogP) is 3.57. The van der Waals surface area contributed by atoms with Gasteiger partial charge in [0.15, 0.2) is 4.75 Å². The second-order valence-electron chi connectivity index (χ2n) is 9.22. The number of carboxylic acids is 1. The largest absolute Gasteiger partial charge is 0.481 e. The van der Waals surface area contributed by atoms with Crippen LogP contribution >= 0.6 is 12.0 Å². The highest BCUT2D eigenvalue weighted by molar-refractivity contribution is 7.96. The van der Waals surface area contributed by atoms with Crippen LogP contribution in [0.2, 0.25) is 0 Å². The molecule has 3 atom stereocenters. The molecule has 0 aromatic rings. The molecular weight excluding hydrogens is 536 g/mol. The van der Waals surface area contributed by atoms with Crippen LogP contribution < -0.4 is 0 Å². The van der Waals surface area contributed by atoms with Crippen molar-refractivity contribution in [2.24, 2.45) is 5.92 Å². The number of aliphatic hydroxyl groups is 3. The maximum Gasteiger partial charge on any atom is 0.326 e. The van der Waals surface area contributed by atoms with Gasteiger partial charge in [-0.3, -0.25) is 14.4 Å². The van der Waals surface area contributed by atoms with E-state index in [1.807, 2.05) is 0 Å². The Balaban J connectivity index is 5.93. The van der Waals surface area contributed by atoms with Crippen LogP contribution in [0.25, 0.3) is 0 Å². The van der Waals surface area contributed by atoms with Gasteiger partial charge in [0.1, 0.15) is 13.2 Å². The molecule has 0 saturated carbocycles. The molecule has 0 bridgehead atoms. The molecule has 39 heavy (non-hydrogen) atoms. The molecule has 0 heterocycles. The normalized spacial score (nSPS) is 14.6. The molecule has 0 amide bonds. The number of esters is 2. The molecule has 0 saturated heterocycles. The third kappa shape index (κ3) is 17.5. The van der Waals surface area contributed by atoms with Gasteiger partial charge in [0, 0.05) is 12.3 Å². The Morgan fingerprint density at radius 2 is 1.56 bits per heavy atom. The van der Waals surface area contributed by atoms with Gasteiger partial charge in [-0.2, -0.15) is 0 Å². The minimum absolute atomic E-state index is 0.0468. The summed E-state index contributed by atoms with van der Waals surface area (Å²) in [6, 6.07) is 0. The molecule has 228 valence electrons. The molecule has 0 fully saturated rings. The third-order valence-electron chi connectivity index (χ3n) is 6.07. The van der Waals surface area contributed by atoms with Crippen molar-refractivity contribution in [2.45, 2.75) is 101 Å². The lowest BCUT2D eigenvalue weighted by Crippen LogP contribution is -2.46. The minimum atomic E-state index is -1.81. The number of aliphatic carboxylic acids is 1. The standard InChI is InChI=1S/C26H46O12S/c1-2-3-4-8-13-22(29)14-10-12-21(11-7-5-6-9-15-23(30)31)26(39-38-37-34,25(33)36-19-17-28)20-24(32)35-18-16-27/h10,12,21-22,27-29,34H,2-9,11,13-20H2,1H3,(H,30,31)/b12-10+. The van der Waals surface area contributed by atoms with E-state index in [0.29, 0.717) is 57.0 Å². The van der Waals surface area contributed by atoms with Crippen molar-refractivity contribution in [2.75, 3.05) is 26.4 Å². The van der Waals surface area contributed by atoms with Crippen molar-refractivity contribution in [3.63, 3.8) is 0 Å². The highest BCUT2D eigenvalue weighted by Crippen LogP contribution is 2.43.